The summed E-state index contributed by atoms with van der Waals surface area (Å²) in [6, 6.07) is 10.8. The van der Waals surface area contributed by atoms with Crippen LogP contribution < -0.4 is 16.0 Å². The summed E-state index contributed by atoms with van der Waals surface area (Å²) in [7, 11) is 1.52. The number of halogens is 1. The number of benzene rings is 2. The summed E-state index contributed by atoms with van der Waals surface area (Å²) in [5.74, 6) is -2.49. The molecule has 0 radical (unpaired) electrons. The maximum atomic E-state index is 13.9. The number of primary amides is 1. The van der Waals surface area contributed by atoms with Gasteiger partial charge in [-0.15, -0.1) is 0 Å². The van der Waals surface area contributed by atoms with Gasteiger partial charge in [0.05, 0.1) is 11.9 Å². The first-order chi connectivity index (χ1) is 13.8. The van der Waals surface area contributed by atoms with E-state index in [2.05, 4.69) is 15.3 Å². The first-order valence-corrected chi connectivity index (χ1v) is 8.57. The van der Waals surface area contributed by atoms with Gasteiger partial charge in [-0.25, -0.2) is 9.37 Å². The lowest BCUT2D eigenvalue weighted by atomic mass is 10.1. The van der Waals surface area contributed by atoms with Crippen molar-refractivity contribution in [2.75, 3.05) is 17.3 Å². The van der Waals surface area contributed by atoms with Crippen LogP contribution in [0.3, 0.4) is 0 Å². The van der Waals surface area contributed by atoms with Crippen molar-refractivity contribution < 1.29 is 18.8 Å². The van der Waals surface area contributed by atoms with Crippen molar-refractivity contribution in [2.45, 2.75) is 6.92 Å². The van der Waals surface area contributed by atoms with E-state index in [1.54, 1.807) is 37.3 Å². The number of H-pyrrole nitrogens is 1. The van der Waals surface area contributed by atoms with Crippen molar-refractivity contribution in [3.63, 3.8) is 0 Å². The van der Waals surface area contributed by atoms with Crippen molar-refractivity contribution >= 4 is 29.1 Å². The highest BCUT2D eigenvalue weighted by Crippen LogP contribution is 2.21. The number of aromatic nitrogens is 2. The molecule has 3 aromatic rings. The molecule has 0 fully saturated rings. The van der Waals surface area contributed by atoms with Crippen LogP contribution in [0.1, 0.15) is 36.9 Å². The highest BCUT2D eigenvalue weighted by Gasteiger charge is 2.22. The van der Waals surface area contributed by atoms with Gasteiger partial charge in [-0.1, -0.05) is 12.1 Å². The van der Waals surface area contributed by atoms with E-state index in [0.717, 1.165) is 0 Å². The molecule has 0 aliphatic heterocycles. The average molecular weight is 395 g/mol. The maximum Gasteiger partial charge on any atom is 0.276 e. The van der Waals surface area contributed by atoms with Crippen LogP contribution in [0.2, 0.25) is 0 Å². The molecule has 0 aliphatic rings. The van der Waals surface area contributed by atoms with Gasteiger partial charge < -0.3 is 20.9 Å². The molecule has 0 atom stereocenters. The monoisotopic (exact) mass is 395 g/mol. The topological polar surface area (TPSA) is 121 Å². The summed E-state index contributed by atoms with van der Waals surface area (Å²) in [6.45, 7) is 1.65. The van der Waals surface area contributed by atoms with Crippen LogP contribution in [0.5, 0.6) is 0 Å². The molecule has 2 aromatic carbocycles. The summed E-state index contributed by atoms with van der Waals surface area (Å²) in [5, 5.41) is 2.63. The smallest absolute Gasteiger partial charge is 0.276 e. The Hall–Kier alpha value is -4.01. The van der Waals surface area contributed by atoms with Gasteiger partial charge >= 0.3 is 0 Å². The van der Waals surface area contributed by atoms with E-state index in [0.29, 0.717) is 16.9 Å². The molecule has 9 heteroatoms. The number of aromatic amines is 1. The third kappa shape index (κ3) is 3.98. The number of imidazole rings is 1. The lowest BCUT2D eigenvalue weighted by Gasteiger charge is -2.17. The number of nitrogens with one attached hydrogen (secondary N) is 2. The molecule has 3 amide bonds. The van der Waals surface area contributed by atoms with Crippen molar-refractivity contribution in [1.82, 2.24) is 9.97 Å². The van der Waals surface area contributed by atoms with Gasteiger partial charge in [-0.2, -0.15) is 0 Å². The van der Waals surface area contributed by atoms with Crippen molar-refractivity contribution in [3.05, 3.63) is 77.1 Å². The number of carbonyl (C=O) groups is 3. The fraction of sp³-hybridized carbons (Fsp3) is 0.100. The number of hydrogen-bond acceptors (Lipinski definition) is 4. The van der Waals surface area contributed by atoms with E-state index in [1.165, 1.54) is 30.4 Å². The van der Waals surface area contributed by atoms with Gasteiger partial charge in [0, 0.05) is 18.4 Å². The number of hydrogen-bond donors (Lipinski definition) is 3. The van der Waals surface area contributed by atoms with Crippen molar-refractivity contribution in [2.24, 2.45) is 5.73 Å². The molecule has 0 bridgehead atoms. The Morgan fingerprint density at radius 3 is 2.45 bits per heavy atom. The maximum absolute atomic E-state index is 13.9. The van der Waals surface area contributed by atoms with Gasteiger partial charge in [0.25, 0.3) is 17.7 Å². The van der Waals surface area contributed by atoms with E-state index in [1.807, 2.05) is 0 Å². The second-order valence-corrected chi connectivity index (χ2v) is 6.29. The first kappa shape index (κ1) is 19.7. The van der Waals surface area contributed by atoms with E-state index in [-0.39, 0.29) is 17.0 Å². The standard InChI is InChI=1S/C20H18FN5O3/c1-11-4-3-5-14(21)15(11)19(28)25-12-6-8-13(9-7-12)26(2)20(29)17-16(18(22)27)23-10-24-17/h3-10H,1-2H3,(H2,22,27)(H,23,24)(H,25,28). The molecular weight excluding hydrogens is 377 g/mol. The second kappa shape index (κ2) is 7.93. The molecule has 29 heavy (non-hydrogen) atoms. The van der Waals surface area contributed by atoms with Crippen LogP contribution in [0.4, 0.5) is 15.8 Å². The molecule has 0 unspecified atom stereocenters. The lowest BCUT2D eigenvalue weighted by molar-refractivity contribution is 0.0958. The number of carbonyl (C=O) groups excluding carboxylic acids is 3. The number of amides is 3. The van der Waals surface area contributed by atoms with Gasteiger partial charge in [0.1, 0.15) is 11.5 Å². The molecular formula is C20H18FN5O3. The molecule has 3 rings (SSSR count). The van der Waals surface area contributed by atoms with Gasteiger partial charge in [-0.3, -0.25) is 14.4 Å². The average Bonchev–Trinajstić information content (AvgIpc) is 3.17. The molecule has 148 valence electrons. The molecule has 0 aliphatic carbocycles. The van der Waals surface area contributed by atoms with E-state index in [4.69, 9.17) is 5.73 Å². The van der Waals surface area contributed by atoms with E-state index >= 15 is 0 Å². The van der Waals surface area contributed by atoms with E-state index in [9.17, 15) is 18.8 Å². The Bertz CT molecular complexity index is 1070. The van der Waals surface area contributed by atoms with Gasteiger partial charge in [0.15, 0.2) is 5.69 Å². The Morgan fingerprint density at radius 2 is 1.83 bits per heavy atom. The highest BCUT2D eigenvalue weighted by atomic mass is 19.1. The Labute approximate surface area is 165 Å². The second-order valence-electron chi connectivity index (χ2n) is 6.29. The van der Waals surface area contributed by atoms with Crippen LogP contribution in [0.25, 0.3) is 0 Å². The van der Waals surface area contributed by atoms with Crippen LogP contribution in [0.15, 0.2) is 48.8 Å². The first-order valence-electron chi connectivity index (χ1n) is 8.57. The minimum absolute atomic E-state index is 0.0209. The zero-order valence-corrected chi connectivity index (χ0v) is 15.7. The zero-order valence-electron chi connectivity index (χ0n) is 15.7. The summed E-state index contributed by atoms with van der Waals surface area (Å²) in [4.78, 5) is 44.0. The largest absolute Gasteiger partial charge is 0.364 e. The zero-order chi connectivity index (χ0) is 21.1. The minimum atomic E-state index is -0.815. The third-order valence-corrected chi connectivity index (χ3v) is 4.35. The summed E-state index contributed by atoms with van der Waals surface area (Å²) < 4.78 is 13.9. The number of nitrogens with zero attached hydrogens (tertiary/aromatic N) is 2. The Balaban J connectivity index is 1.76. The summed E-state index contributed by atoms with van der Waals surface area (Å²) >= 11 is 0. The van der Waals surface area contributed by atoms with Crippen LogP contribution in [0, 0.1) is 12.7 Å². The molecule has 0 saturated heterocycles. The van der Waals surface area contributed by atoms with Crippen LogP contribution >= 0.6 is 0 Å². The number of aryl methyl sites for hydroxylation is 1. The number of nitrogens with two attached hydrogens (primary N) is 1. The fourth-order valence-corrected chi connectivity index (χ4v) is 2.81. The van der Waals surface area contributed by atoms with Gasteiger partial charge in [0.2, 0.25) is 0 Å². The van der Waals surface area contributed by atoms with Crippen LogP contribution in [-0.4, -0.2) is 34.7 Å². The van der Waals surface area contributed by atoms with E-state index < -0.39 is 23.5 Å². The molecule has 8 nitrogen and oxygen atoms in total. The van der Waals surface area contributed by atoms with Crippen molar-refractivity contribution in [1.29, 1.82) is 0 Å². The fourth-order valence-electron chi connectivity index (χ4n) is 2.81. The Morgan fingerprint density at radius 1 is 1.14 bits per heavy atom. The normalized spacial score (nSPS) is 10.4. The Kier molecular flexibility index (Phi) is 5.40. The minimum Gasteiger partial charge on any atom is -0.364 e. The third-order valence-electron chi connectivity index (χ3n) is 4.35. The number of anilines is 2. The predicted octanol–water partition coefficient (Wildman–Crippen LogP) is 2.49. The predicted molar refractivity (Wildman–Crippen MR) is 105 cm³/mol. The summed E-state index contributed by atoms with van der Waals surface area (Å²) in [5.41, 5.74) is 6.47. The molecule has 1 heterocycles. The molecule has 0 saturated carbocycles. The SMILES string of the molecule is Cc1cccc(F)c1C(=O)Nc1ccc(N(C)C(=O)c2[nH]cnc2C(N)=O)cc1. The van der Waals surface area contributed by atoms with Crippen LogP contribution in [-0.2, 0) is 0 Å². The van der Waals surface area contributed by atoms with Crippen molar-refractivity contribution in [3.8, 4) is 0 Å². The quantitative estimate of drug-likeness (QED) is 0.614. The lowest BCUT2D eigenvalue weighted by Crippen LogP contribution is -2.29. The van der Waals surface area contributed by atoms with Gasteiger partial charge in [-0.05, 0) is 42.8 Å². The molecule has 4 N–H and O–H groups in total. The highest BCUT2D eigenvalue weighted by molar-refractivity contribution is 6.11. The summed E-state index contributed by atoms with van der Waals surface area (Å²) in [6.07, 6.45) is 1.21. The molecule has 0 spiro atoms. The molecule has 1 aromatic heterocycles. The number of rotatable bonds is 5.